The van der Waals surface area contributed by atoms with E-state index >= 15 is 0 Å². The normalized spacial score (nSPS) is 20.1. The van der Waals surface area contributed by atoms with Gasteiger partial charge in [0.1, 0.15) is 12.3 Å². The molecule has 0 saturated carbocycles. The Bertz CT molecular complexity index is 1260. The first-order valence-electron chi connectivity index (χ1n) is 11.5. The minimum atomic E-state index is -5.15. The van der Waals surface area contributed by atoms with E-state index in [1.807, 2.05) is 6.07 Å². The largest absolute Gasteiger partial charge is 0.497 e. The zero-order valence-electron chi connectivity index (χ0n) is 18.8. The number of alkyl halides is 3. The molecule has 0 amide bonds. The van der Waals surface area contributed by atoms with Crippen molar-refractivity contribution in [2.45, 2.75) is 25.4 Å². The smallest absolute Gasteiger partial charge is 0.437 e. The van der Waals surface area contributed by atoms with E-state index in [2.05, 4.69) is 15.3 Å². The van der Waals surface area contributed by atoms with Crippen LogP contribution in [0.4, 0.5) is 24.5 Å². The Morgan fingerprint density at radius 2 is 1.77 bits per heavy atom. The monoisotopic (exact) mass is 485 g/mol. The number of halogens is 3. The number of piperidine rings is 1. The van der Waals surface area contributed by atoms with Crippen LogP contribution in [0.1, 0.15) is 19.3 Å². The van der Waals surface area contributed by atoms with Gasteiger partial charge in [-0.2, -0.15) is 18.2 Å². The molecule has 1 aromatic heterocycles. The molecule has 0 spiro atoms. The number of nitrogens with one attached hydrogen (secondary N) is 1. The summed E-state index contributed by atoms with van der Waals surface area (Å²) in [5, 5.41) is 3.83. The molecule has 1 saturated heterocycles. The second-order valence-corrected chi connectivity index (χ2v) is 8.67. The number of ether oxygens (including phenoxy) is 1. The molecule has 2 aromatic carbocycles. The number of carbonyl (C=O) groups is 1. The summed E-state index contributed by atoms with van der Waals surface area (Å²) >= 11 is 0. The highest BCUT2D eigenvalue weighted by Crippen LogP contribution is 2.50. The maximum atomic E-state index is 13.3. The number of hydrogen-bond donors (Lipinski definition) is 1. The van der Waals surface area contributed by atoms with Gasteiger partial charge in [0.15, 0.2) is 5.69 Å². The summed E-state index contributed by atoms with van der Waals surface area (Å²) in [7, 11) is 0. The van der Waals surface area contributed by atoms with Gasteiger partial charge in [-0.05, 0) is 56.1 Å². The fraction of sp³-hybridized carbons (Fsp3) is 0.320. The molecule has 5 rings (SSSR count). The molecule has 0 aliphatic carbocycles. The number of para-hydroxylation sites is 2. The lowest BCUT2D eigenvalue weighted by Crippen LogP contribution is -2.52. The summed E-state index contributed by atoms with van der Waals surface area (Å²) in [5.41, 5.74) is 1.05. The third-order valence-corrected chi connectivity index (χ3v) is 6.32. The van der Waals surface area contributed by atoms with E-state index in [9.17, 15) is 18.0 Å². The van der Waals surface area contributed by atoms with Crippen LogP contribution in [0.5, 0.6) is 11.6 Å². The molecular formula is C25H24F3N4O3+. The standard InChI is InChI=1S/C25H24F3N4O3/c26-25(27,28)24(33)35-32(15-12-17-10-13-29-14-11-17)16-30-21-22(32)19-8-4-5-9-20(19)31-23(21)34-18-6-2-1-3-7-18/h1-9,16-17,29H,10-15H2/q+1. The summed E-state index contributed by atoms with van der Waals surface area (Å²) in [4.78, 5) is 26.3. The van der Waals surface area contributed by atoms with Gasteiger partial charge in [0.25, 0.3) is 5.88 Å². The molecule has 0 bridgehead atoms. The molecule has 7 nitrogen and oxygen atoms in total. The van der Waals surface area contributed by atoms with Crippen molar-refractivity contribution in [1.82, 2.24) is 14.9 Å². The summed E-state index contributed by atoms with van der Waals surface area (Å²) in [6, 6.07) is 15.9. The molecule has 3 aromatic rings. The second kappa shape index (κ2) is 9.27. The fourth-order valence-corrected chi connectivity index (χ4v) is 4.57. The topological polar surface area (TPSA) is 72.8 Å². The van der Waals surface area contributed by atoms with Crippen molar-refractivity contribution in [1.29, 1.82) is 0 Å². The molecule has 1 unspecified atom stereocenters. The molecule has 3 heterocycles. The van der Waals surface area contributed by atoms with Gasteiger partial charge in [0, 0.05) is 6.42 Å². The molecule has 35 heavy (non-hydrogen) atoms. The number of nitrogens with zero attached hydrogens (tertiary/aromatic N) is 3. The number of benzene rings is 2. The number of hydroxylamine groups is 2. The van der Waals surface area contributed by atoms with Crippen molar-refractivity contribution in [3.8, 4) is 11.6 Å². The Labute approximate surface area is 199 Å². The number of aliphatic imine (C=N–C) groups is 1. The molecular weight excluding hydrogens is 461 g/mol. The first-order chi connectivity index (χ1) is 16.9. The number of rotatable bonds is 6. The highest BCUT2D eigenvalue weighted by Gasteiger charge is 2.52. The van der Waals surface area contributed by atoms with Gasteiger partial charge >= 0.3 is 12.1 Å². The summed E-state index contributed by atoms with van der Waals surface area (Å²) in [5.74, 6) is -1.35. The van der Waals surface area contributed by atoms with Crippen molar-refractivity contribution in [2.75, 3.05) is 19.6 Å². The molecule has 10 heteroatoms. The Balaban J connectivity index is 1.61. The van der Waals surface area contributed by atoms with Crippen molar-refractivity contribution in [3.05, 3.63) is 54.6 Å². The first kappa shape index (κ1) is 23.3. The number of hydrogen-bond acceptors (Lipinski definition) is 6. The molecule has 0 radical (unpaired) electrons. The third kappa shape index (κ3) is 4.71. The fourth-order valence-electron chi connectivity index (χ4n) is 4.57. The van der Waals surface area contributed by atoms with Gasteiger partial charge < -0.3 is 10.1 Å². The van der Waals surface area contributed by atoms with Crippen LogP contribution in [0.2, 0.25) is 0 Å². The summed E-state index contributed by atoms with van der Waals surface area (Å²) < 4.78 is 45.2. The van der Waals surface area contributed by atoms with E-state index in [4.69, 9.17) is 9.57 Å². The van der Waals surface area contributed by atoms with Gasteiger partial charge in [-0.1, -0.05) is 35.0 Å². The van der Waals surface area contributed by atoms with Crippen molar-refractivity contribution in [2.24, 2.45) is 10.9 Å². The molecule has 2 aliphatic rings. The lowest BCUT2D eigenvalue weighted by atomic mass is 9.94. The van der Waals surface area contributed by atoms with Gasteiger partial charge in [-0.25, -0.2) is 9.78 Å². The van der Waals surface area contributed by atoms with Crippen LogP contribution in [0, 0.1) is 5.92 Å². The zero-order chi connectivity index (χ0) is 24.5. The van der Waals surface area contributed by atoms with Crippen molar-refractivity contribution >= 4 is 34.6 Å². The minimum absolute atomic E-state index is 0.113. The lowest BCUT2D eigenvalue weighted by Gasteiger charge is -2.30. The van der Waals surface area contributed by atoms with E-state index in [1.54, 1.807) is 48.5 Å². The van der Waals surface area contributed by atoms with Crippen LogP contribution < -0.4 is 14.7 Å². The predicted molar refractivity (Wildman–Crippen MR) is 125 cm³/mol. The lowest BCUT2D eigenvalue weighted by molar-refractivity contribution is -0.222. The van der Waals surface area contributed by atoms with Gasteiger partial charge in [-0.3, -0.25) is 4.84 Å². The van der Waals surface area contributed by atoms with Crippen LogP contribution in [0.25, 0.3) is 10.9 Å². The predicted octanol–water partition coefficient (Wildman–Crippen LogP) is 5.42. The molecule has 1 atom stereocenters. The quantitative estimate of drug-likeness (QED) is 0.472. The average molecular weight is 485 g/mol. The minimum Gasteiger partial charge on any atom is -0.437 e. The number of fused-ring (bicyclic) bond motifs is 3. The number of quaternary nitrogens is 1. The Hall–Kier alpha value is -3.50. The second-order valence-electron chi connectivity index (χ2n) is 8.67. The molecule has 1 fully saturated rings. The van der Waals surface area contributed by atoms with E-state index in [0.717, 1.165) is 25.9 Å². The van der Waals surface area contributed by atoms with Crippen LogP contribution in [-0.2, 0) is 9.63 Å². The van der Waals surface area contributed by atoms with E-state index in [0.29, 0.717) is 34.7 Å². The van der Waals surface area contributed by atoms with E-state index < -0.39 is 16.8 Å². The third-order valence-electron chi connectivity index (χ3n) is 6.32. The van der Waals surface area contributed by atoms with Crippen LogP contribution in [-0.4, -0.2) is 43.1 Å². The van der Waals surface area contributed by atoms with Crippen LogP contribution >= 0.6 is 0 Å². The van der Waals surface area contributed by atoms with E-state index in [-0.39, 0.29) is 18.1 Å². The van der Waals surface area contributed by atoms with Gasteiger partial charge in [0.05, 0.1) is 10.9 Å². The highest BCUT2D eigenvalue weighted by molar-refractivity contribution is 6.05. The molecule has 182 valence electrons. The Morgan fingerprint density at radius 1 is 1.06 bits per heavy atom. The number of carbonyl (C=O) groups excluding carboxylic acids is 1. The van der Waals surface area contributed by atoms with Crippen LogP contribution in [0.15, 0.2) is 59.6 Å². The number of aromatic nitrogens is 1. The summed E-state index contributed by atoms with van der Waals surface area (Å²) in [6.45, 7) is 1.81. The SMILES string of the molecule is O=C(O[N+]1(CCC2CCNCC2)C=Nc2c(Oc3ccccc3)nc3ccccc3c21)C(F)(F)F. The maximum absolute atomic E-state index is 13.3. The van der Waals surface area contributed by atoms with Gasteiger partial charge in [-0.15, -0.1) is 0 Å². The zero-order valence-corrected chi connectivity index (χ0v) is 18.8. The average Bonchev–Trinajstić information content (AvgIpc) is 3.23. The molecule has 2 aliphatic heterocycles. The highest BCUT2D eigenvalue weighted by atomic mass is 19.4. The summed E-state index contributed by atoms with van der Waals surface area (Å²) in [6.07, 6.45) is -1.54. The van der Waals surface area contributed by atoms with Crippen molar-refractivity contribution < 1.29 is 27.5 Å². The van der Waals surface area contributed by atoms with Crippen LogP contribution in [0.3, 0.4) is 0 Å². The van der Waals surface area contributed by atoms with Gasteiger partial charge in [0.2, 0.25) is 12.0 Å². The Kier molecular flexibility index (Phi) is 6.16. The maximum Gasteiger partial charge on any atom is 0.497 e. The van der Waals surface area contributed by atoms with Crippen molar-refractivity contribution in [3.63, 3.8) is 0 Å². The Morgan fingerprint density at radius 3 is 2.51 bits per heavy atom. The van der Waals surface area contributed by atoms with E-state index in [1.165, 1.54) is 6.34 Å². The first-order valence-corrected chi connectivity index (χ1v) is 11.5. The molecule has 1 N–H and O–H groups in total. The number of pyridine rings is 1.